The van der Waals surface area contributed by atoms with Gasteiger partial charge in [0.05, 0.1) is 19.1 Å². The smallest absolute Gasteiger partial charge is 0.380 e. The highest BCUT2D eigenvalue weighted by Gasteiger charge is 2.59. The lowest BCUT2D eigenvalue weighted by Gasteiger charge is -2.42. The predicted octanol–water partition coefficient (Wildman–Crippen LogP) is 0.785. The summed E-state index contributed by atoms with van der Waals surface area (Å²) in [5, 5.41) is 2.77. The summed E-state index contributed by atoms with van der Waals surface area (Å²) < 4.78 is 42.0. The first-order valence-electron chi connectivity index (χ1n) is 3.90. The zero-order chi connectivity index (χ0) is 8.82. The van der Waals surface area contributed by atoms with E-state index in [-0.39, 0.29) is 19.8 Å². The van der Waals surface area contributed by atoms with Crippen molar-refractivity contribution < 1.29 is 17.9 Å². The second-order valence-corrected chi connectivity index (χ2v) is 3.58. The van der Waals surface area contributed by atoms with Crippen molar-refractivity contribution in [3.05, 3.63) is 0 Å². The number of hydrogen-bond acceptors (Lipinski definition) is 2. The summed E-state index contributed by atoms with van der Waals surface area (Å²) in [6.45, 7) is 0.998. The van der Waals surface area contributed by atoms with E-state index >= 15 is 0 Å². The first kappa shape index (κ1) is 8.31. The Morgan fingerprint density at radius 1 is 1.33 bits per heavy atom. The molecule has 2 saturated heterocycles. The Balaban J connectivity index is 2.14. The van der Waals surface area contributed by atoms with E-state index in [1.165, 1.54) is 0 Å². The molecule has 1 unspecified atom stereocenters. The third-order valence-corrected chi connectivity index (χ3v) is 2.74. The minimum absolute atomic E-state index is 0.0485. The Hall–Kier alpha value is -0.290. The molecule has 2 heterocycles. The molecule has 0 bridgehead atoms. The Bertz CT molecular complexity index is 188. The number of ether oxygens (including phenoxy) is 1. The van der Waals surface area contributed by atoms with Crippen LogP contribution >= 0.6 is 0 Å². The van der Waals surface area contributed by atoms with E-state index in [2.05, 4.69) is 5.32 Å². The summed E-state index contributed by atoms with van der Waals surface area (Å²) in [7, 11) is 0. The molecule has 2 fully saturated rings. The van der Waals surface area contributed by atoms with Crippen LogP contribution in [0.3, 0.4) is 0 Å². The number of halogens is 3. The van der Waals surface area contributed by atoms with Gasteiger partial charge in [0, 0.05) is 18.5 Å². The molecule has 0 amide bonds. The zero-order valence-electron chi connectivity index (χ0n) is 6.45. The molecule has 0 aromatic carbocycles. The fourth-order valence-corrected chi connectivity index (χ4v) is 1.94. The zero-order valence-corrected chi connectivity index (χ0v) is 6.45. The standard InChI is InChI=1S/C7H10F3NO/c8-7(9,10)5-1-11-2-6(5)3-12-4-6/h5,11H,1-4H2. The first-order chi connectivity index (χ1) is 5.55. The van der Waals surface area contributed by atoms with Gasteiger partial charge >= 0.3 is 6.18 Å². The molecule has 2 nitrogen and oxygen atoms in total. The molecule has 2 aliphatic rings. The van der Waals surface area contributed by atoms with Crippen LogP contribution in [0.4, 0.5) is 13.2 Å². The minimum atomic E-state index is -4.08. The van der Waals surface area contributed by atoms with Gasteiger partial charge in [-0.1, -0.05) is 0 Å². The van der Waals surface area contributed by atoms with Crippen molar-refractivity contribution in [2.45, 2.75) is 6.18 Å². The second kappa shape index (κ2) is 2.35. The van der Waals surface area contributed by atoms with Crippen molar-refractivity contribution >= 4 is 0 Å². The maximum atomic E-state index is 12.4. The lowest BCUT2D eigenvalue weighted by Crippen LogP contribution is -2.52. The number of rotatable bonds is 0. The minimum Gasteiger partial charge on any atom is -0.380 e. The number of nitrogens with one attached hydrogen (secondary N) is 1. The Labute approximate surface area is 68.1 Å². The summed E-state index contributed by atoms with van der Waals surface area (Å²) in [6.07, 6.45) is -4.08. The van der Waals surface area contributed by atoms with Crippen LogP contribution in [0.1, 0.15) is 0 Å². The maximum Gasteiger partial charge on any atom is 0.393 e. The van der Waals surface area contributed by atoms with Crippen molar-refractivity contribution in [2.75, 3.05) is 26.3 Å². The van der Waals surface area contributed by atoms with E-state index in [0.29, 0.717) is 6.54 Å². The van der Waals surface area contributed by atoms with E-state index in [4.69, 9.17) is 4.74 Å². The third-order valence-electron chi connectivity index (χ3n) is 2.74. The van der Waals surface area contributed by atoms with Gasteiger partial charge in [0.1, 0.15) is 0 Å². The molecular weight excluding hydrogens is 171 g/mol. The SMILES string of the molecule is FC(F)(F)C1CNCC12COC2. The Kier molecular flexibility index (Phi) is 1.63. The first-order valence-corrected chi connectivity index (χ1v) is 3.90. The van der Waals surface area contributed by atoms with Gasteiger partial charge in [-0.05, 0) is 0 Å². The summed E-state index contributed by atoms with van der Waals surface area (Å²) in [4.78, 5) is 0. The molecule has 70 valence electrons. The fraction of sp³-hybridized carbons (Fsp3) is 1.00. The van der Waals surface area contributed by atoms with Crippen LogP contribution < -0.4 is 5.32 Å². The summed E-state index contributed by atoms with van der Waals surface area (Å²) >= 11 is 0. The molecule has 1 N–H and O–H groups in total. The van der Waals surface area contributed by atoms with Gasteiger partial charge in [0.15, 0.2) is 0 Å². The van der Waals surface area contributed by atoms with Gasteiger partial charge in [0.2, 0.25) is 0 Å². The van der Waals surface area contributed by atoms with Gasteiger partial charge in [-0.3, -0.25) is 0 Å². The van der Waals surface area contributed by atoms with Crippen LogP contribution in [0.25, 0.3) is 0 Å². The van der Waals surface area contributed by atoms with Crippen LogP contribution in [0.5, 0.6) is 0 Å². The molecular formula is C7H10F3NO. The molecule has 0 saturated carbocycles. The predicted molar refractivity (Wildman–Crippen MR) is 35.7 cm³/mol. The quantitative estimate of drug-likeness (QED) is 0.596. The molecule has 1 spiro atoms. The van der Waals surface area contributed by atoms with Gasteiger partial charge < -0.3 is 10.1 Å². The molecule has 0 aromatic heterocycles. The summed E-state index contributed by atoms with van der Waals surface area (Å²) in [6, 6.07) is 0. The molecule has 0 aromatic rings. The topological polar surface area (TPSA) is 21.3 Å². The van der Waals surface area contributed by atoms with Crippen molar-refractivity contribution in [1.82, 2.24) is 5.32 Å². The third kappa shape index (κ3) is 1.03. The van der Waals surface area contributed by atoms with Crippen molar-refractivity contribution in [3.63, 3.8) is 0 Å². The lowest BCUT2D eigenvalue weighted by atomic mass is 9.76. The molecule has 12 heavy (non-hydrogen) atoms. The Morgan fingerprint density at radius 3 is 2.33 bits per heavy atom. The molecule has 2 rings (SSSR count). The van der Waals surface area contributed by atoms with Crippen molar-refractivity contribution in [2.24, 2.45) is 11.3 Å². The van der Waals surface area contributed by atoms with Crippen LogP contribution in [-0.2, 0) is 4.74 Å². The number of alkyl halides is 3. The van der Waals surface area contributed by atoms with E-state index in [1.807, 2.05) is 0 Å². The Morgan fingerprint density at radius 2 is 2.00 bits per heavy atom. The lowest BCUT2D eigenvalue weighted by molar-refractivity contribution is -0.240. The average molecular weight is 181 g/mol. The van der Waals surface area contributed by atoms with Gasteiger partial charge in [-0.2, -0.15) is 13.2 Å². The van der Waals surface area contributed by atoms with E-state index in [1.54, 1.807) is 0 Å². The van der Waals surface area contributed by atoms with E-state index < -0.39 is 17.5 Å². The van der Waals surface area contributed by atoms with Crippen LogP contribution in [0, 0.1) is 11.3 Å². The fourth-order valence-electron chi connectivity index (χ4n) is 1.94. The van der Waals surface area contributed by atoms with E-state index in [0.717, 1.165) is 0 Å². The van der Waals surface area contributed by atoms with Gasteiger partial charge in [0.25, 0.3) is 0 Å². The van der Waals surface area contributed by atoms with Crippen LogP contribution in [-0.4, -0.2) is 32.5 Å². The van der Waals surface area contributed by atoms with Gasteiger partial charge in [-0.15, -0.1) is 0 Å². The monoisotopic (exact) mass is 181 g/mol. The maximum absolute atomic E-state index is 12.4. The highest BCUT2D eigenvalue weighted by atomic mass is 19.4. The van der Waals surface area contributed by atoms with E-state index in [9.17, 15) is 13.2 Å². The molecule has 0 aliphatic carbocycles. The molecule has 5 heteroatoms. The second-order valence-electron chi connectivity index (χ2n) is 3.58. The molecule has 2 aliphatic heterocycles. The van der Waals surface area contributed by atoms with Crippen LogP contribution in [0.2, 0.25) is 0 Å². The van der Waals surface area contributed by atoms with Gasteiger partial charge in [-0.25, -0.2) is 0 Å². The van der Waals surface area contributed by atoms with Crippen LogP contribution in [0.15, 0.2) is 0 Å². The van der Waals surface area contributed by atoms with Crippen molar-refractivity contribution in [1.29, 1.82) is 0 Å². The average Bonchev–Trinajstić information content (AvgIpc) is 2.25. The summed E-state index contributed by atoms with van der Waals surface area (Å²) in [5.41, 5.74) is -0.641. The highest BCUT2D eigenvalue weighted by Crippen LogP contribution is 2.46. The largest absolute Gasteiger partial charge is 0.393 e. The molecule has 1 atom stereocenters. The highest BCUT2D eigenvalue weighted by molar-refractivity contribution is 5.01. The van der Waals surface area contributed by atoms with Crippen molar-refractivity contribution in [3.8, 4) is 0 Å². The summed E-state index contributed by atoms with van der Waals surface area (Å²) in [5.74, 6) is -1.21. The molecule has 0 radical (unpaired) electrons. The number of hydrogen-bond donors (Lipinski definition) is 1. The normalized spacial score (nSPS) is 33.8.